The largest absolute Gasteiger partial charge is 0.297 e. The van der Waals surface area contributed by atoms with Gasteiger partial charge in [0.2, 0.25) is 0 Å². The summed E-state index contributed by atoms with van der Waals surface area (Å²) in [6, 6.07) is 16.1. The summed E-state index contributed by atoms with van der Waals surface area (Å²) < 4.78 is 61.2. The number of nitrogens with zero attached hydrogens (tertiary/aromatic N) is 4. The Labute approximate surface area is 271 Å². The van der Waals surface area contributed by atoms with Crippen LogP contribution >= 0.6 is 0 Å². The number of nitro benzene ring substituents is 4. The molecule has 0 aliphatic heterocycles. The van der Waals surface area contributed by atoms with Crippen LogP contribution in [-0.2, 0) is 37.4 Å². The number of non-ortho nitro benzene ring substituents is 2. The minimum absolute atomic E-state index is 0.0821. The molecule has 0 aromatic heterocycles. The summed E-state index contributed by atoms with van der Waals surface area (Å²) in [5.74, 6) is 0. The van der Waals surface area contributed by atoms with E-state index in [2.05, 4.69) is 0 Å². The van der Waals surface area contributed by atoms with Gasteiger partial charge in [-0.15, -0.1) is 0 Å². The van der Waals surface area contributed by atoms with Crippen LogP contribution in [0.4, 0.5) is 22.7 Å². The Morgan fingerprint density at radius 2 is 1.08 bits per heavy atom. The molecule has 0 atom stereocenters. The van der Waals surface area contributed by atoms with Gasteiger partial charge in [-0.3, -0.25) is 49.2 Å². The van der Waals surface area contributed by atoms with Crippen molar-refractivity contribution < 1.29 is 45.3 Å². The molecule has 4 aromatic carbocycles. The van der Waals surface area contributed by atoms with Gasteiger partial charge < -0.3 is 0 Å². The van der Waals surface area contributed by atoms with Crippen molar-refractivity contribution in [3.8, 4) is 0 Å². The van der Waals surface area contributed by atoms with Gasteiger partial charge in [-0.25, -0.2) is 0 Å². The Morgan fingerprint density at radius 3 is 1.56 bits per heavy atom. The Kier molecular flexibility index (Phi) is 11.3. The quantitative estimate of drug-likeness (QED) is 0.0890. The van der Waals surface area contributed by atoms with Crippen molar-refractivity contribution in [1.29, 1.82) is 0 Å². The van der Waals surface area contributed by atoms with E-state index in [9.17, 15) is 61.8 Å². The fraction of sp³-hybridized carbons (Fsp3) is 0.143. The van der Waals surface area contributed by atoms with E-state index in [0.717, 1.165) is 35.9 Å². The third kappa shape index (κ3) is 9.42. The summed E-state index contributed by atoms with van der Waals surface area (Å²) in [6.45, 7) is 2.88. The van der Waals surface area contributed by atoms with Crippen LogP contribution in [0.2, 0.25) is 0 Å². The summed E-state index contributed by atoms with van der Waals surface area (Å²) in [7, 11) is -8.60. The van der Waals surface area contributed by atoms with Gasteiger partial charge in [0.1, 0.15) is 0 Å². The molecule has 0 unspecified atom stereocenters. The molecule has 0 amide bonds. The van der Waals surface area contributed by atoms with Crippen molar-refractivity contribution in [2.45, 2.75) is 36.7 Å². The zero-order valence-electron chi connectivity index (χ0n) is 24.8. The molecule has 4 aromatic rings. The van der Waals surface area contributed by atoms with E-state index in [0.29, 0.717) is 5.56 Å². The van der Waals surface area contributed by atoms with Gasteiger partial charge in [0.05, 0.1) is 53.8 Å². The van der Waals surface area contributed by atoms with Crippen LogP contribution in [0, 0.1) is 54.3 Å². The van der Waals surface area contributed by atoms with E-state index in [-0.39, 0.29) is 32.9 Å². The van der Waals surface area contributed by atoms with E-state index in [1.54, 1.807) is 26.0 Å². The Balaban J connectivity index is 0.000000260. The average molecular weight is 705 g/mol. The average Bonchev–Trinajstić information content (AvgIpc) is 2.99. The SMILES string of the molecule is Cc1ccc(S(=O)(=O)O)c(Cc2ccc([N+](=O)[O-])cc2[N+](=O)[O-])c1.Cc1ccc(S(=O)(=O)OCc2ccc([N+](=O)[O-])cc2[N+](=O)[O-])cc1. The fourth-order valence-electron chi connectivity index (χ4n) is 4.16. The second kappa shape index (κ2) is 14.8. The number of hydrogen-bond acceptors (Lipinski definition) is 13. The topological polar surface area (TPSA) is 270 Å². The first kappa shape index (κ1) is 36.8. The molecular formula is C28H24N4O14S2. The Bertz CT molecular complexity index is 2140. The monoisotopic (exact) mass is 704 g/mol. The van der Waals surface area contributed by atoms with E-state index >= 15 is 0 Å². The lowest BCUT2D eigenvalue weighted by molar-refractivity contribution is -0.394. The number of nitro groups is 4. The molecule has 0 heterocycles. The first-order valence-corrected chi connectivity index (χ1v) is 16.0. The summed E-state index contributed by atoms with van der Waals surface area (Å²) in [5.41, 5.74) is -0.245. The molecule has 0 fully saturated rings. The van der Waals surface area contributed by atoms with Crippen LogP contribution in [0.5, 0.6) is 0 Å². The van der Waals surface area contributed by atoms with Crippen LogP contribution in [0.25, 0.3) is 0 Å². The Hall–Kier alpha value is -5.70. The molecule has 0 aliphatic rings. The maximum absolute atomic E-state index is 12.1. The maximum Gasteiger partial charge on any atom is 0.297 e. The molecule has 48 heavy (non-hydrogen) atoms. The van der Waals surface area contributed by atoms with E-state index in [4.69, 9.17) is 4.18 Å². The smallest absolute Gasteiger partial charge is 0.282 e. The van der Waals surface area contributed by atoms with Crippen molar-refractivity contribution >= 4 is 43.0 Å². The van der Waals surface area contributed by atoms with Gasteiger partial charge in [0, 0.05) is 24.1 Å². The highest BCUT2D eigenvalue weighted by Gasteiger charge is 2.24. The lowest BCUT2D eigenvalue weighted by Crippen LogP contribution is -2.08. The van der Waals surface area contributed by atoms with Crippen LogP contribution in [0.3, 0.4) is 0 Å². The van der Waals surface area contributed by atoms with Crippen molar-refractivity contribution in [3.05, 3.63) is 147 Å². The van der Waals surface area contributed by atoms with Gasteiger partial charge in [-0.2, -0.15) is 16.8 Å². The van der Waals surface area contributed by atoms with Crippen LogP contribution in [0.15, 0.2) is 88.7 Å². The third-order valence-corrected chi connectivity index (χ3v) is 8.74. The molecule has 0 spiro atoms. The van der Waals surface area contributed by atoms with Gasteiger partial charge in [-0.1, -0.05) is 35.4 Å². The minimum Gasteiger partial charge on any atom is -0.282 e. The van der Waals surface area contributed by atoms with E-state index < -0.39 is 69.3 Å². The van der Waals surface area contributed by atoms with Crippen LogP contribution in [-0.4, -0.2) is 41.1 Å². The van der Waals surface area contributed by atoms with Gasteiger partial charge >= 0.3 is 0 Å². The summed E-state index contributed by atoms with van der Waals surface area (Å²) in [5, 5.41) is 43.6. The lowest BCUT2D eigenvalue weighted by Gasteiger charge is -2.09. The van der Waals surface area contributed by atoms with Gasteiger partial charge in [0.25, 0.3) is 43.0 Å². The second-order valence-corrected chi connectivity index (χ2v) is 13.0. The minimum atomic E-state index is -4.50. The second-order valence-electron chi connectivity index (χ2n) is 9.95. The first-order chi connectivity index (χ1) is 22.3. The normalized spacial score (nSPS) is 11.2. The summed E-state index contributed by atoms with van der Waals surface area (Å²) in [4.78, 5) is 40.0. The number of benzene rings is 4. The van der Waals surface area contributed by atoms with Gasteiger partial charge in [0.15, 0.2) is 0 Å². The molecule has 0 radical (unpaired) electrons. The molecule has 4 rings (SSSR count). The molecule has 1 N–H and O–H groups in total. The number of aryl methyl sites for hydroxylation is 2. The zero-order chi connectivity index (χ0) is 36.0. The molecule has 0 saturated heterocycles. The zero-order valence-corrected chi connectivity index (χ0v) is 26.4. The summed E-state index contributed by atoms with van der Waals surface area (Å²) >= 11 is 0. The standard InChI is InChI=1S/2C14H12N2O7S/c1-10-2-6-13(7-3-10)24(21,22)23-9-11-4-5-12(15(17)18)8-14(11)16(19)20;1-9-2-5-14(24(21,22)23)11(6-9)7-10-3-4-12(15(17)18)8-13(10)16(19)20/h2-8H,9H2,1H3;2-6,8H,7H2,1H3,(H,21,22,23). The highest BCUT2D eigenvalue weighted by molar-refractivity contribution is 7.86. The molecule has 0 aliphatic carbocycles. The Morgan fingerprint density at radius 1 is 0.604 bits per heavy atom. The predicted molar refractivity (Wildman–Crippen MR) is 166 cm³/mol. The highest BCUT2D eigenvalue weighted by atomic mass is 32.2. The third-order valence-electron chi connectivity index (χ3n) is 6.51. The van der Waals surface area contributed by atoms with E-state index in [1.807, 2.05) is 0 Å². The van der Waals surface area contributed by atoms with Crippen molar-refractivity contribution in [2.24, 2.45) is 0 Å². The van der Waals surface area contributed by atoms with Crippen LogP contribution in [0.1, 0.15) is 27.8 Å². The number of rotatable bonds is 11. The molecule has 0 bridgehead atoms. The molecular weight excluding hydrogens is 680 g/mol. The lowest BCUT2D eigenvalue weighted by atomic mass is 10.0. The number of hydrogen-bond donors (Lipinski definition) is 1. The highest BCUT2D eigenvalue weighted by Crippen LogP contribution is 2.29. The maximum atomic E-state index is 12.1. The van der Waals surface area contributed by atoms with Gasteiger partial charge in [-0.05, 0) is 49.7 Å². The molecule has 18 nitrogen and oxygen atoms in total. The van der Waals surface area contributed by atoms with Crippen LogP contribution < -0.4 is 0 Å². The predicted octanol–water partition coefficient (Wildman–Crippen LogP) is 5.37. The summed E-state index contributed by atoms with van der Waals surface area (Å²) in [6.07, 6.45) is -0.175. The van der Waals surface area contributed by atoms with Crippen molar-refractivity contribution in [2.75, 3.05) is 0 Å². The molecule has 252 valence electrons. The van der Waals surface area contributed by atoms with Crippen molar-refractivity contribution in [1.82, 2.24) is 0 Å². The molecule has 20 heteroatoms. The first-order valence-electron chi connectivity index (χ1n) is 13.2. The fourth-order valence-corrected chi connectivity index (χ4v) is 5.75. The molecule has 0 saturated carbocycles. The van der Waals surface area contributed by atoms with E-state index in [1.165, 1.54) is 36.4 Å². The van der Waals surface area contributed by atoms with Crippen molar-refractivity contribution in [3.63, 3.8) is 0 Å².